The monoisotopic (exact) mass is 375 g/mol. The van der Waals surface area contributed by atoms with E-state index in [1.807, 2.05) is 30.3 Å². The van der Waals surface area contributed by atoms with Gasteiger partial charge in [-0.25, -0.2) is 0 Å². The van der Waals surface area contributed by atoms with Crippen LogP contribution in [0, 0.1) is 17.8 Å². The summed E-state index contributed by atoms with van der Waals surface area (Å²) in [5, 5.41) is 7.04. The summed E-state index contributed by atoms with van der Waals surface area (Å²) in [6.45, 7) is 0. The van der Waals surface area contributed by atoms with Gasteiger partial charge in [0.15, 0.2) is 0 Å². The van der Waals surface area contributed by atoms with E-state index >= 15 is 0 Å². The fourth-order valence-corrected chi connectivity index (χ4v) is 6.25. The van der Waals surface area contributed by atoms with Crippen molar-refractivity contribution in [2.75, 3.05) is 10.6 Å². The van der Waals surface area contributed by atoms with Crippen LogP contribution >= 0.6 is 0 Å². The SMILES string of the molecule is O=C(CCc1ccccn1)Nc1ccccc1NC12CC3CC(CC(C3)C1)C2. The molecule has 0 atom stereocenters. The smallest absolute Gasteiger partial charge is 0.224 e. The fourth-order valence-electron chi connectivity index (χ4n) is 6.25. The summed E-state index contributed by atoms with van der Waals surface area (Å²) in [4.78, 5) is 16.8. The Kier molecular flexibility index (Phi) is 4.58. The molecular formula is C24H29N3O. The molecule has 4 bridgehead atoms. The van der Waals surface area contributed by atoms with E-state index in [9.17, 15) is 4.79 Å². The second-order valence-corrected chi connectivity index (χ2v) is 9.24. The highest BCUT2D eigenvalue weighted by atomic mass is 16.1. The van der Waals surface area contributed by atoms with Crippen LogP contribution < -0.4 is 10.6 Å². The van der Waals surface area contributed by atoms with Crippen molar-refractivity contribution < 1.29 is 4.79 Å². The van der Waals surface area contributed by atoms with Crippen molar-refractivity contribution in [3.63, 3.8) is 0 Å². The lowest BCUT2D eigenvalue weighted by atomic mass is 9.53. The predicted molar refractivity (Wildman–Crippen MR) is 112 cm³/mol. The number of aromatic nitrogens is 1. The second kappa shape index (κ2) is 7.23. The Morgan fingerprint density at radius 1 is 0.929 bits per heavy atom. The molecule has 4 aliphatic carbocycles. The summed E-state index contributed by atoms with van der Waals surface area (Å²) >= 11 is 0. The zero-order valence-electron chi connectivity index (χ0n) is 16.4. The number of pyridine rings is 1. The molecule has 4 fully saturated rings. The molecule has 4 aliphatic rings. The van der Waals surface area contributed by atoms with E-state index in [2.05, 4.69) is 27.8 Å². The molecule has 1 aromatic heterocycles. The van der Waals surface area contributed by atoms with Crippen molar-refractivity contribution in [3.05, 3.63) is 54.4 Å². The Morgan fingerprint density at radius 3 is 2.21 bits per heavy atom. The van der Waals surface area contributed by atoms with Crippen LogP contribution in [-0.2, 0) is 11.2 Å². The number of carbonyl (C=O) groups is 1. The van der Waals surface area contributed by atoms with E-state index in [1.165, 1.54) is 38.5 Å². The molecule has 146 valence electrons. The number of aryl methyl sites for hydroxylation is 1. The zero-order valence-corrected chi connectivity index (χ0v) is 16.4. The van der Waals surface area contributed by atoms with Gasteiger partial charge in [-0.2, -0.15) is 0 Å². The molecule has 2 N–H and O–H groups in total. The molecule has 6 rings (SSSR count). The van der Waals surface area contributed by atoms with Crippen LogP contribution in [0.4, 0.5) is 11.4 Å². The summed E-state index contributed by atoms with van der Waals surface area (Å²) in [7, 11) is 0. The van der Waals surface area contributed by atoms with Gasteiger partial charge in [0, 0.05) is 23.9 Å². The summed E-state index contributed by atoms with van der Waals surface area (Å²) in [5.74, 6) is 2.75. The minimum atomic E-state index is 0.0467. The Balaban J connectivity index is 1.26. The van der Waals surface area contributed by atoms with Crippen molar-refractivity contribution in [2.45, 2.75) is 56.9 Å². The van der Waals surface area contributed by atoms with E-state index in [-0.39, 0.29) is 11.4 Å². The highest BCUT2D eigenvalue weighted by molar-refractivity contribution is 5.94. The topological polar surface area (TPSA) is 54.0 Å². The van der Waals surface area contributed by atoms with Crippen LogP contribution in [0.1, 0.15) is 50.6 Å². The maximum absolute atomic E-state index is 12.5. The first-order valence-corrected chi connectivity index (χ1v) is 10.7. The maximum Gasteiger partial charge on any atom is 0.224 e. The van der Waals surface area contributed by atoms with Gasteiger partial charge >= 0.3 is 0 Å². The normalized spacial score (nSPS) is 30.2. The van der Waals surface area contributed by atoms with E-state index in [0.29, 0.717) is 12.8 Å². The molecule has 0 spiro atoms. The summed E-state index contributed by atoms with van der Waals surface area (Å²) in [6, 6.07) is 14.0. The molecule has 4 heteroatoms. The van der Waals surface area contributed by atoms with Crippen LogP contribution in [0.15, 0.2) is 48.7 Å². The van der Waals surface area contributed by atoms with Gasteiger partial charge in [0.1, 0.15) is 0 Å². The van der Waals surface area contributed by atoms with Gasteiger partial charge in [0.2, 0.25) is 5.91 Å². The predicted octanol–water partition coefficient (Wildman–Crippen LogP) is 5.03. The van der Waals surface area contributed by atoms with Gasteiger partial charge in [-0.05, 0) is 87.0 Å². The fraction of sp³-hybridized carbons (Fsp3) is 0.500. The van der Waals surface area contributed by atoms with Crippen molar-refractivity contribution >= 4 is 17.3 Å². The highest BCUT2D eigenvalue weighted by Crippen LogP contribution is 2.56. The third kappa shape index (κ3) is 3.65. The number of amides is 1. The molecule has 0 unspecified atom stereocenters. The first kappa shape index (κ1) is 17.7. The molecular weight excluding hydrogens is 346 g/mol. The molecule has 4 nitrogen and oxygen atoms in total. The minimum absolute atomic E-state index is 0.0467. The van der Waals surface area contributed by atoms with Crippen LogP contribution in [0.2, 0.25) is 0 Å². The molecule has 0 aliphatic heterocycles. The first-order chi connectivity index (χ1) is 13.7. The number of nitrogens with zero attached hydrogens (tertiary/aromatic N) is 1. The number of hydrogen-bond donors (Lipinski definition) is 2. The zero-order chi connectivity index (χ0) is 19.0. The molecule has 0 saturated heterocycles. The second-order valence-electron chi connectivity index (χ2n) is 9.24. The lowest BCUT2D eigenvalue weighted by Crippen LogP contribution is -2.54. The van der Waals surface area contributed by atoms with Gasteiger partial charge in [-0.1, -0.05) is 18.2 Å². The molecule has 0 radical (unpaired) electrons. The van der Waals surface area contributed by atoms with Gasteiger partial charge in [0.05, 0.1) is 11.4 Å². The van der Waals surface area contributed by atoms with Gasteiger partial charge in [-0.3, -0.25) is 9.78 Å². The lowest BCUT2D eigenvalue weighted by molar-refractivity contribution is -0.116. The number of benzene rings is 1. The summed E-state index contributed by atoms with van der Waals surface area (Å²) < 4.78 is 0. The molecule has 1 amide bonds. The molecule has 4 saturated carbocycles. The van der Waals surface area contributed by atoms with Crippen molar-refractivity contribution in [2.24, 2.45) is 17.8 Å². The Labute approximate surface area is 167 Å². The van der Waals surface area contributed by atoms with Crippen molar-refractivity contribution in [1.82, 2.24) is 4.98 Å². The Morgan fingerprint density at radius 2 is 1.57 bits per heavy atom. The quantitative estimate of drug-likeness (QED) is 0.744. The van der Waals surface area contributed by atoms with E-state index in [0.717, 1.165) is 34.8 Å². The number of nitrogens with one attached hydrogen (secondary N) is 2. The number of carbonyl (C=O) groups excluding carboxylic acids is 1. The van der Waals surface area contributed by atoms with Gasteiger partial charge in [-0.15, -0.1) is 0 Å². The Hall–Kier alpha value is -2.36. The van der Waals surface area contributed by atoms with E-state index < -0.39 is 0 Å². The Bertz CT molecular complexity index is 813. The number of para-hydroxylation sites is 2. The average Bonchev–Trinajstić information content (AvgIpc) is 2.67. The average molecular weight is 376 g/mol. The van der Waals surface area contributed by atoms with Gasteiger partial charge < -0.3 is 10.6 Å². The van der Waals surface area contributed by atoms with E-state index in [4.69, 9.17) is 0 Å². The van der Waals surface area contributed by atoms with Crippen LogP contribution in [0.5, 0.6) is 0 Å². The van der Waals surface area contributed by atoms with Crippen molar-refractivity contribution in [3.8, 4) is 0 Å². The third-order valence-corrected chi connectivity index (χ3v) is 6.97. The maximum atomic E-state index is 12.5. The van der Waals surface area contributed by atoms with Crippen LogP contribution in [0.3, 0.4) is 0 Å². The summed E-state index contributed by atoms with van der Waals surface area (Å²) in [5.41, 5.74) is 3.18. The standard InChI is InChI=1S/C24H29N3O/c28-23(9-8-20-5-3-4-10-25-20)26-21-6-1-2-7-22(21)27-24-14-17-11-18(15-24)13-19(12-17)16-24/h1-7,10,17-19,27H,8-9,11-16H2,(H,26,28). The molecule has 1 heterocycles. The number of hydrogen-bond acceptors (Lipinski definition) is 3. The minimum Gasteiger partial charge on any atom is -0.378 e. The summed E-state index contributed by atoms with van der Waals surface area (Å²) in [6.07, 6.45) is 11.1. The number of anilines is 2. The molecule has 2 aromatic rings. The highest BCUT2D eigenvalue weighted by Gasteiger charge is 2.51. The van der Waals surface area contributed by atoms with Gasteiger partial charge in [0.25, 0.3) is 0 Å². The van der Waals surface area contributed by atoms with Crippen LogP contribution in [-0.4, -0.2) is 16.4 Å². The molecule has 28 heavy (non-hydrogen) atoms. The lowest BCUT2D eigenvalue weighted by Gasteiger charge is -2.57. The third-order valence-electron chi connectivity index (χ3n) is 6.97. The van der Waals surface area contributed by atoms with Crippen molar-refractivity contribution in [1.29, 1.82) is 0 Å². The molecule has 1 aromatic carbocycles. The van der Waals surface area contributed by atoms with Crippen LogP contribution in [0.25, 0.3) is 0 Å². The number of rotatable bonds is 6. The first-order valence-electron chi connectivity index (χ1n) is 10.7. The largest absolute Gasteiger partial charge is 0.378 e. The van der Waals surface area contributed by atoms with E-state index in [1.54, 1.807) is 6.20 Å².